The van der Waals surface area contributed by atoms with Crippen LogP contribution in [0.15, 0.2) is 0 Å². The van der Waals surface area contributed by atoms with E-state index in [1.54, 1.807) is 4.90 Å². The van der Waals surface area contributed by atoms with E-state index in [1.807, 2.05) is 35.0 Å². The number of amides is 1. The van der Waals surface area contributed by atoms with Gasteiger partial charge in [0, 0.05) is 26.7 Å². The molecule has 0 saturated heterocycles. The third-order valence-corrected chi connectivity index (χ3v) is 2.63. The second kappa shape index (κ2) is 6.80. The summed E-state index contributed by atoms with van der Waals surface area (Å²) in [7, 11) is 5.85. The Balaban J connectivity index is 4.16. The highest BCUT2D eigenvalue weighted by atomic mass is 16.2. The zero-order valence-electron chi connectivity index (χ0n) is 10.7. The Morgan fingerprint density at radius 1 is 1.20 bits per heavy atom. The lowest BCUT2D eigenvalue weighted by Crippen LogP contribution is -2.41. The van der Waals surface area contributed by atoms with E-state index in [4.69, 9.17) is 5.73 Å². The summed E-state index contributed by atoms with van der Waals surface area (Å²) in [5.74, 6) is 0.427. The quantitative estimate of drug-likeness (QED) is 0.690. The van der Waals surface area contributed by atoms with Crippen molar-refractivity contribution in [2.45, 2.75) is 13.8 Å². The second-order valence-corrected chi connectivity index (χ2v) is 4.65. The first-order valence-corrected chi connectivity index (χ1v) is 5.50. The molecule has 1 atom stereocenters. The molecule has 0 radical (unpaired) electrons. The number of likely N-dealkylation sites (N-methyl/N-ethyl adjacent to an activating group) is 2. The Hall–Kier alpha value is -0.610. The van der Waals surface area contributed by atoms with Crippen LogP contribution in [0.1, 0.15) is 13.8 Å². The summed E-state index contributed by atoms with van der Waals surface area (Å²) in [6.45, 7) is 6.15. The van der Waals surface area contributed by atoms with Crippen LogP contribution in [0.5, 0.6) is 0 Å². The minimum atomic E-state index is -0.0443. The first-order chi connectivity index (χ1) is 6.90. The number of hydrogen-bond acceptors (Lipinski definition) is 3. The number of rotatable bonds is 6. The van der Waals surface area contributed by atoms with Crippen molar-refractivity contribution >= 4 is 5.91 Å². The van der Waals surface area contributed by atoms with Gasteiger partial charge in [0.2, 0.25) is 5.91 Å². The normalized spacial score (nSPS) is 13.3. The molecule has 0 aliphatic heterocycles. The summed E-state index contributed by atoms with van der Waals surface area (Å²) in [5, 5.41) is 0. The van der Waals surface area contributed by atoms with Crippen molar-refractivity contribution in [3.05, 3.63) is 0 Å². The zero-order chi connectivity index (χ0) is 12.0. The van der Waals surface area contributed by atoms with Gasteiger partial charge in [0.25, 0.3) is 0 Å². The van der Waals surface area contributed by atoms with Crippen LogP contribution >= 0.6 is 0 Å². The van der Waals surface area contributed by atoms with Gasteiger partial charge in [-0.25, -0.2) is 0 Å². The highest BCUT2D eigenvalue weighted by Crippen LogP contribution is 2.11. The van der Waals surface area contributed by atoms with Gasteiger partial charge in [-0.3, -0.25) is 4.79 Å². The number of nitrogens with zero attached hydrogens (tertiary/aromatic N) is 2. The van der Waals surface area contributed by atoms with Crippen LogP contribution in [-0.4, -0.2) is 56.5 Å². The molecule has 0 saturated carbocycles. The van der Waals surface area contributed by atoms with Crippen molar-refractivity contribution < 1.29 is 4.79 Å². The number of carbonyl (C=O) groups excluding carboxylic acids is 1. The molecule has 90 valence electrons. The molecule has 0 aromatic rings. The van der Waals surface area contributed by atoms with Crippen LogP contribution in [0.2, 0.25) is 0 Å². The minimum absolute atomic E-state index is 0.0443. The van der Waals surface area contributed by atoms with Gasteiger partial charge in [-0.1, -0.05) is 13.8 Å². The molecule has 0 spiro atoms. The van der Waals surface area contributed by atoms with Crippen LogP contribution in [-0.2, 0) is 4.79 Å². The van der Waals surface area contributed by atoms with Gasteiger partial charge in [-0.05, 0) is 20.0 Å². The molecule has 1 unspecified atom stereocenters. The lowest BCUT2D eigenvalue weighted by atomic mass is 9.94. The third-order valence-electron chi connectivity index (χ3n) is 2.63. The summed E-state index contributed by atoms with van der Waals surface area (Å²) in [5.41, 5.74) is 5.61. The standard InChI is InChI=1S/C11H25N3O/c1-9(2)10(8-12)11(15)14(5)7-6-13(3)4/h9-10H,6-8,12H2,1-5H3. The maximum absolute atomic E-state index is 12.0. The zero-order valence-corrected chi connectivity index (χ0v) is 10.7. The molecule has 0 rings (SSSR count). The average molecular weight is 215 g/mol. The minimum Gasteiger partial charge on any atom is -0.344 e. The predicted octanol–water partition coefficient (Wildman–Crippen LogP) is 0.237. The molecule has 0 aliphatic rings. The first-order valence-electron chi connectivity index (χ1n) is 5.50. The van der Waals surface area contributed by atoms with E-state index in [-0.39, 0.29) is 11.8 Å². The maximum atomic E-state index is 12.0. The van der Waals surface area contributed by atoms with Crippen molar-refractivity contribution in [3.8, 4) is 0 Å². The van der Waals surface area contributed by atoms with Gasteiger partial charge >= 0.3 is 0 Å². The van der Waals surface area contributed by atoms with Crippen LogP contribution < -0.4 is 5.73 Å². The summed E-state index contributed by atoms with van der Waals surface area (Å²) in [6, 6.07) is 0. The highest BCUT2D eigenvalue weighted by Gasteiger charge is 2.23. The fraction of sp³-hybridized carbons (Fsp3) is 0.909. The summed E-state index contributed by atoms with van der Waals surface area (Å²) < 4.78 is 0. The van der Waals surface area contributed by atoms with Crippen LogP contribution in [0.25, 0.3) is 0 Å². The van der Waals surface area contributed by atoms with E-state index < -0.39 is 0 Å². The van der Waals surface area contributed by atoms with E-state index in [2.05, 4.69) is 4.90 Å². The van der Waals surface area contributed by atoms with Crippen LogP contribution in [0, 0.1) is 11.8 Å². The lowest BCUT2D eigenvalue weighted by molar-refractivity contribution is -0.135. The maximum Gasteiger partial charge on any atom is 0.227 e. The molecule has 0 heterocycles. The van der Waals surface area contributed by atoms with Crippen molar-refractivity contribution in [3.63, 3.8) is 0 Å². The van der Waals surface area contributed by atoms with E-state index >= 15 is 0 Å². The molecule has 0 fully saturated rings. The molecule has 0 bridgehead atoms. The monoisotopic (exact) mass is 215 g/mol. The van der Waals surface area contributed by atoms with Crippen LogP contribution in [0.3, 0.4) is 0 Å². The molecular weight excluding hydrogens is 190 g/mol. The Kier molecular flexibility index (Phi) is 6.52. The Labute approximate surface area is 93.4 Å². The van der Waals surface area contributed by atoms with Crippen molar-refractivity contribution in [1.82, 2.24) is 9.80 Å². The predicted molar refractivity (Wildman–Crippen MR) is 63.6 cm³/mol. The molecule has 15 heavy (non-hydrogen) atoms. The van der Waals surface area contributed by atoms with E-state index in [9.17, 15) is 4.79 Å². The molecule has 1 amide bonds. The fourth-order valence-electron chi connectivity index (χ4n) is 1.40. The van der Waals surface area contributed by atoms with Crippen molar-refractivity contribution in [2.24, 2.45) is 17.6 Å². The summed E-state index contributed by atoms with van der Waals surface area (Å²) in [4.78, 5) is 15.8. The van der Waals surface area contributed by atoms with E-state index in [1.165, 1.54) is 0 Å². The van der Waals surface area contributed by atoms with Gasteiger partial charge in [0.15, 0.2) is 0 Å². The first kappa shape index (κ1) is 14.4. The second-order valence-electron chi connectivity index (χ2n) is 4.65. The topological polar surface area (TPSA) is 49.6 Å². The number of carbonyl (C=O) groups is 1. The van der Waals surface area contributed by atoms with Gasteiger partial charge in [-0.15, -0.1) is 0 Å². The highest BCUT2D eigenvalue weighted by molar-refractivity contribution is 5.79. The smallest absolute Gasteiger partial charge is 0.227 e. The Morgan fingerprint density at radius 2 is 1.73 bits per heavy atom. The van der Waals surface area contributed by atoms with Crippen molar-refractivity contribution in [1.29, 1.82) is 0 Å². The molecule has 0 aromatic heterocycles. The van der Waals surface area contributed by atoms with Gasteiger partial charge in [-0.2, -0.15) is 0 Å². The summed E-state index contributed by atoms with van der Waals surface area (Å²) in [6.07, 6.45) is 0. The molecule has 0 aromatic carbocycles. The molecule has 2 N–H and O–H groups in total. The van der Waals surface area contributed by atoms with E-state index in [0.29, 0.717) is 12.5 Å². The third kappa shape index (κ3) is 5.14. The van der Waals surface area contributed by atoms with E-state index in [0.717, 1.165) is 13.1 Å². The molecule has 4 heteroatoms. The molecule has 0 aliphatic carbocycles. The number of nitrogens with two attached hydrogens (primary N) is 1. The van der Waals surface area contributed by atoms with Gasteiger partial charge in [0.05, 0.1) is 5.92 Å². The van der Waals surface area contributed by atoms with Gasteiger partial charge in [0.1, 0.15) is 0 Å². The van der Waals surface area contributed by atoms with Crippen molar-refractivity contribution in [2.75, 3.05) is 40.8 Å². The average Bonchev–Trinajstić information content (AvgIpc) is 2.14. The fourth-order valence-corrected chi connectivity index (χ4v) is 1.40. The Morgan fingerprint density at radius 3 is 2.07 bits per heavy atom. The number of hydrogen-bond donors (Lipinski definition) is 1. The Bertz CT molecular complexity index is 192. The SMILES string of the molecule is CC(C)C(CN)C(=O)N(C)CCN(C)C. The molecule has 4 nitrogen and oxygen atoms in total. The largest absolute Gasteiger partial charge is 0.344 e. The molecular formula is C11H25N3O. The summed E-state index contributed by atoms with van der Waals surface area (Å²) >= 11 is 0. The van der Waals surface area contributed by atoms with Crippen LogP contribution in [0.4, 0.5) is 0 Å². The lowest BCUT2D eigenvalue weighted by Gasteiger charge is -2.26. The van der Waals surface area contributed by atoms with Gasteiger partial charge < -0.3 is 15.5 Å².